The van der Waals surface area contributed by atoms with Gasteiger partial charge in [0.2, 0.25) is 10.0 Å². The average molecular weight is 519 g/mol. The van der Waals surface area contributed by atoms with Crippen molar-refractivity contribution in [3.8, 4) is 0 Å². The normalized spacial score (nSPS) is 13.7. The molecular weight excluding hydrogens is 497 g/mol. The lowest BCUT2D eigenvalue weighted by atomic mass is 9.83. The first-order valence-electron chi connectivity index (χ1n) is 10.4. The molecule has 0 heterocycles. The molecule has 0 fully saturated rings. The van der Waals surface area contributed by atoms with Crippen LogP contribution in [0.5, 0.6) is 0 Å². The number of hydrogen-bond acceptors (Lipinski definition) is 2. The Morgan fingerprint density at radius 2 is 1.45 bits per heavy atom. The monoisotopic (exact) mass is 517 g/mol. The van der Waals surface area contributed by atoms with Crippen LogP contribution < -0.4 is 4.72 Å². The van der Waals surface area contributed by atoms with Gasteiger partial charge in [0.05, 0.1) is 4.90 Å². The van der Waals surface area contributed by atoms with Crippen LogP contribution in [0.2, 0.25) is 15.1 Å². The molecule has 3 nitrogen and oxygen atoms in total. The zero-order valence-corrected chi connectivity index (χ0v) is 20.9. The number of hydrogen-bond donors (Lipinski definition) is 1. The largest absolute Gasteiger partial charge is 0.240 e. The van der Waals surface area contributed by atoms with E-state index in [-0.39, 0.29) is 23.3 Å². The van der Waals surface area contributed by atoms with Crippen molar-refractivity contribution in [1.82, 2.24) is 4.72 Å². The van der Waals surface area contributed by atoms with Gasteiger partial charge >= 0.3 is 0 Å². The fourth-order valence-corrected chi connectivity index (χ4v) is 5.80. The molecule has 4 aromatic rings. The van der Waals surface area contributed by atoms with Gasteiger partial charge in [0.25, 0.3) is 0 Å². The molecule has 0 amide bonds. The van der Waals surface area contributed by atoms with E-state index in [0.29, 0.717) is 15.1 Å². The van der Waals surface area contributed by atoms with Crippen LogP contribution in [0.15, 0.2) is 89.8 Å². The fraction of sp³-hybridized carbons (Fsp3) is 0.154. The summed E-state index contributed by atoms with van der Waals surface area (Å²) >= 11 is 18.6. The molecule has 0 saturated carbocycles. The van der Waals surface area contributed by atoms with Crippen LogP contribution in [0.1, 0.15) is 29.9 Å². The highest BCUT2D eigenvalue weighted by molar-refractivity contribution is 7.89. The maximum Gasteiger partial charge on any atom is 0.240 e. The van der Waals surface area contributed by atoms with Crippen molar-refractivity contribution in [1.29, 1.82) is 0 Å². The van der Waals surface area contributed by atoms with Crippen molar-refractivity contribution < 1.29 is 8.42 Å². The van der Waals surface area contributed by atoms with E-state index in [1.165, 1.54) is 0 Å². The Hall–Kier alpha value is -2.08. The third-order valence-corrected chi connectivity index (χ3v) is 8.11. The minimum absolute atomic E-state index is 0.0877. The third kappa shape index (κ3) is 5.53. The van der Waals surface area contributed by atoms with Gasteiger partial charge in [-0.2, -0.15) is 0 Å². The van der Waals surface area contributed by atoms with Crippen molar-refractivity contribution in [2.45, 2.75) is 23.7 Å². The van der Waals surface area contributed by atoms with Crippen LogP contribution in [-0.2, 0) is 10.0 Å². The van der Waals surface area contributed by atoms with Gasteiger partial charge in [-0.05, 0) is 64.2 Å². The predicted molar refractivity (Wildman–Crippen MR) is 138 cm³/mol. The molecule has 0 aliphatic carbocycles. The molecule has 0 spiro atoms. The Morgan fingerprint density at radius 1 is 0.788 bits per heavy atom. The Kier molecular flexibility index (Phi) is 7.32. The highest BCUT2D eigenvalue weighted by Crippen LogP contribution is 2.37. The molecule has 4 aromatic carbocycles. The van der Waals surface area contributed by atoms with Crippen molar-refractivity contribution in [3.63, 3.8) is 0 Å². The highest BCUT2D eigenvalue weighted by Gasteiger charge is 2.25. The van der Waals surface area contributed by atoms with E-state index in [4.69, 9.17) is 34.8 Å². The summed E-state index contributed by atoms with van der Waals surface area (Å²) in [5.74, 6) is -0.272. The summed E-state index contributed by atoms with van der Waals surface area (Å²) in [7, 11) is -3.73. The zero-order valence-electron chi connectivity index (χ0n) is 17.8. The van der Waals surface area contributed by atoms with E-state index < -0.39 is 10.0 Å². The molecule has 170 valence electrons. The molecule has 7 heteroatoms. The summed E-state index contributed by atoms with van der Waals surface area (Å²) in [6.07, 6.45) is 0. The minimum Gasteiger partial charge on any atom is -0.211 e. The summed E-state index contributed by atoms with van der Waals surface area (Å²) in [6.45, 7) is 2.22. The molecule has 0 aliphatic rings. The van der Waals surface area contributed by atoms with E-state index in [0.717, 1.165) is 21.9 Å². The van der Waals surface area contributed by atoms with E-state index in [1.54, 1.807) is 36.4 Å². The van der Waals surface area contributed by atoms with E-state index in [9.17, 15) is 8.42 Å². The van der Waals surface area contributed by atoms with Gasteiger partial charge in [0.1, 0.15) is 0 Å². The molecule has 0 aliphatic heterocycles. The second kappa shape index (κ2) is 10.0. The lowest BCUT2D eigenvalue weighted by molar-refractivity contribution is 0.540. The predicted octanol–water partition coefficient (Wildman–Crippen LogP) is 7.67. The smallest absolute Gasteiger partial charge is 0.211 e. The Bertz CT molecular complexity index is 1390. The topological polar surface area (TPSA) is 46.2 Å². The Labute approximate surface area is 209 Å². The van der Waals surface area contributed by atoms with Crippen LogP contribution in [0.4, 0.5) is 0 Å². The number of benzene rings is 4. The van der Waals surface area contributed by atoms with Crippen molar-refractivity contribution in [2.75, 3.05) is 6.54 Å². The summed E-state index contributed by atoms with van der Waals surface area (Å²) < 4.78 is 29.1. The minimum atomic E-state index is -3.73. The lowest BCUT2D eigenvalue weighted by Gasteiger charge is -2.26. The standard InChI is InChI=1S/C26H22Cl3NO2S/c1-17(24-13-11-22(28)15-26(24)29)25(19-6-9-21(27)10-7-19)16-30-33(31,32)23-12-8-18-4-2-3-5-20(18)14-23/h2-15,17,25,30H,16H2,1H3. The van der Waals surface area contributed by atoms with Crippen molar-refractivity contribution in [3.05, 3.63) is 111 Å². The summed E-state index contributed by atoms with van der Waals surface area (Å²) in [5.41, 5.74) is 1.85. The van der Waals surface area contributed by atoms with Gasteiger partial charge < -0.3 is 0 Å². The van der Waals surface area contributed by atoms with Gasteiger partial charge in [-0.1, -0.05) is 90.3 Å². The summed E-state index contributed by atoms with van der Waals surface area (Å²) in [4.78, 5) is 0.230. The first-order valence-corrected chi connectivity index (χ1v) is 13.1. The molecule has 4 rings (SSSR count). The first kappa shape index (κ1) is 24.1. The van der Waals surface area contributed by atoms with E-state index in [1.807, 2.05) is 55.5 Å². The maximum absolute atomic E-state index is 13.2. The van der Waals surface area contributed by atoms with Gasteiger partial charge in [-0.3, -0.25) is 0 Å². The Balaban J connectivity index is 1.65. The number of fused-ring (bicyclic) bond motifs is 1. The van der Waals surface area contributed by atoms with Crippen LogP contribution in [-0.4, -0.2) is 15.0 Å². The van der Waals surface area contributed by atoms with Crippen molar-refractivity contribution >= 4 is 55.6 Å². The van der Waals surface area contributed by atoms with Crippen LogP contribution in [0.3, 0.4) is 0 Å². The molecule has 0 saturated heterocycles. The second-order valence-corrected chi connectivity index (χ2v) is 11.0. The lowest BCUT2D eigenvalue weighted by Crippen LogP contribution is -2.30. The number of nitrogens with one attached hydrogen (secondary N) is 1. The first-order chi connectivity index (χ1) is 15.7. The SMILES string of the molecule is CC(c1ccc(Cl)cc1Cl)C(CNS(=O)(=O)c1ccc2ccccc2c1)c1ccc(Cl)cc1. The van der Waals surface area contributed by atoms with Gasteiger partial charge in [0.15, 0.2) is 0 Å². The van der Waals surface area contributed by atoms with E-state index >= 15 is 0 Å². The van der Waals surface area contributed by atoms with Gasteiger partial charge in [0, 0.05) is 27.5 Å². The zero-order chi connectivity index (χ0) is 23.6. The van der Waals surface area contributed by atoms with Crippen LogP contribution in [0, 0.1) is 0 Å². The molecule has 1 N–H and O–H groups in total. The van der Waals surface area contributed by atoms with Crippen LogP contribution in [0.25, 0.3) is 10.8 Å². The quantitative estimate of drug-likeness (QED) is 0.273. The fourth-order valence-electron chi connectivity index (χ4n) is 4.00. The average Bonchev–Trinajstić information content (AvgIpc) is 2.80. The van der Waals surface area contributed by atoms with Crippen LogP contribution >= 0.6 is 34.8 Å². The maximum atomic E-state index is 13.2. The molecule has 2 atom stereocenters. The summed E-state index contributed by atoms with van der Waals surface area (Å²) in [6, 6.07) is 25.6. The second-order valence-electron chi connectivity index (χ2n) is 7.97. The van der Waals surface area contributed by atoms with Gasteiger partial charge in [-0.15, -0.1) is 0 Å². The summed E-state index contributed by atoms with van der Waals surface area (Å²) in [5, 5.41) is 3.58. The molecule has 0 aromatic heterocycles. The molecule has 0 radical (unpaired) electrons. The van der Waals surface area contributed by atoms with E-state index in [2.05, 4.69) is 4.72 Å². The molecule has 0 bridgehead atoms. The molecule has 2 unspecified atom stereocenters. The highest BCUT2D eigenvalue weighted by atomic mass is 35.5. The molecule has 33 heavy (non-hydrogen) atoms. The van der Waals surface area contributed by atoms with Gasteiger partial charge in [-0.25, -0.2) is 13.1 Å². The Morgan fingerprint density at radius 3 is 2.15 bits per heavy atom. The number of rotatable bonds is 7. The molecular formula is C26H22Cl3NO2S. The third-order valence-electron chi connectivity index (χ3n) is 5.88. The number of halogens is 3. The van der Waals surface area contributed by atoms with Crippen molar-refractivity contribution in [2.24, 2.45) is 0 Å². The number of sulfonamides is 1.